The van der Waals surface area contributed by atoms with E-state index in [1.807, 2.05) is 36.6 Å². The third-order valence-corrected chi connectivity index (χ3v) is 6.21. The van der Waals surface area contributed by atoms with Crippen molar-refractivity contribution in [3.8, 4) is 0 Å². The van der Waals surface area contributed by atoms with E-state index in [9.17, 15) is 9.90 Å². The van der Waals surface area contributed by atoms with Crippen LogP contribution in [0.15, 0.2) is 47.2 Å². The van der Waals surface area contributed by atoms with Crippen LogP contribution in [0.5, 0.6) is 0 Å². The first-order chi connectivity index (χ1) is 13.8. The summed E-state index contributed by atoms with van der Waals surface area (Å²) in [4.78, 5) is 19.7. The van der Waals surface area contributed by atoms with Crippen LogP contribution in [0, 0.1) is 6.92 Å². The number of aryl methyl sites for hydroxylation is 1. The predicted octanol–water partition coefficient (Wildman–Crippen LogP) is 5.56. The number of carbonyl (C=O) groups excluding carboxylic acids is 1. The van der Waals surface area contributed by atoms with Gasteiger partial charge in [0.15, 0.2) is 10.4 Å². The summed E-state index contributed by atoms with van der Waals surface area (Å²) in [5.41, 5.74) is 3.62. The molecule has 1 unspecified atom stereocenters. The number of nitrogens with zero attached hydrogens (tertiary/aromatic N) is 3. The van der Waals surface area contributed by atoms with Gasteiger partial charge in [0.2, 0.25) is 0 Å². The van der Waals surface area contributed by atoms with Crippen molar-refractivity contribution in [2.24, 2.45) is 0 Å². The molecule has 0 saturated carbocycles. The van der Waals surface area contributed by atoms with Gasteiger partial charge >= 0.3 is 0 Å². The molecule has 1 N–H and O–H groups in total. The maximum absolute atomic E-state index is 13.5. The molecular formula is C21H18BrCl2N3O2. The number of amides is 1. The van der Waals surface area contributed by atoms with Crippen molar-refractivity contribution >= 4 is 50.7 Å². The number of anilines is 1. The molecule has 1 aliphatic rings. The molecule has 0 spiro atoms. The molecule has 0 saturated heterocycles. The summed E-state index contributed by atoms with van der Waals surface area (Å²) in [7, 11) is 0. The molecule has 0 bridgehead atoms. The Morgan fingerprint density at radius 3 is 2.48 bits per heavy atom. The number of carbonyl (C=O) groups is 1. The van der Waals surface area contributed by atoms with Gasteiger partial charge in [-0.3, -0.25) is 9.69 Å². The number of hydrogen-bond acceptors (Lipinski definition) is 3. The first kappa shape index (κ1) is 20.4. The van der Waals surface area contributed by atoms with Gasteiger partial charge in [-0.15, -0.1) is 0 Å². The molecule has 29 heavy (non-hydrogen) atoms. The van der Waals surface area contributed by atoms with E-state index in [4.69, 9.17) is 23.2 Å². The summed E-state index contributed by atoms with van der Waals surface area (Å²) in [6.07, 6.45) is 0. The van der Waals surface area contributed by atoms with E-state index in [0.717, 1.165) is 22.5 Å². The average molecular weight is 495 g/mol. The zero-order valence-electron chi connectivity index (χ0n) is 15.7. The van der Waals surface area contributed by atoms with Crippen LogP contribution < -0.4 is 4.90 Å². The van der Waals surface area contributed by atoms with Crippen LogP contribution in [-0.4, -0.2) is 27.2 Å². The van der Waals surface area contributed by atoms with Crippen molar-refractivity contribution in [3.05, 3.63) is 79.8 Å². The van der Waals surface area contributed by atoms with Crippen molar-refractivity contribution in [3.63, 3.8) is 0 Å². The van der Waals surface area contributed by atoms with E-state index in [1.54, 1.807) is 29.2 Å². The second kappa shape index (κ2) is 7.76. The lowest BCUT2D eigenvalue weighted by Crippen LogP contribution is -2.31. The Morgan fingerprint density at radius 2 is 1.83 bits per heavy atom. The Balaban J connectivity index is 1.99. The largest absolute Gasteiger partial charge is 0.394 e. The maximum Gasteiger partial charge on any atom is 0.279 e. The molecule has 1 aliphatic heterocycles. The Labute approximate surface area is 187 Å². The minimum Gasteiger partial charge on any atom is -0.394 e. The smallest absolute Gasteiger partial charge is 0.279 e. The van der Waals surface area contributed by atoms with Crippen LogP contribution in [0.4, 0.5) is 5.69 Å². The van der Waals surface area contributed by atoms with E-state index in [-0.39, 0.29) is 18.6 Å². The van der Waals surface area contributed by atoms with Crippen molar-refractivity contribution in [1.29, 1.82) is 0 Å². The Kier molecular flexibility index (Phi) is 5.46. The van der Waals surface area contributed by atoms with Crippen molar-refractivity contribution in [2.45, 2.75) is 25.9 Å². The van der Waals surface area contributed by atoms with E-state index in [1.165, 1.54) is 0 Å². The van der Waals surface area contributed by atoms with Crippen LogP contribution in [-0.2, 0) is 0 Å². The fourth-order valence-electron chi connectivity index (χ4n) is 3.73. The highest BCUT2D eigenvalue weighted by Crippen LogP contribution is 2.45. The Bertz CT molecular complexity index is 1100. The molecule has 2 heterocycles. The molecular weight excluding hydrogens is 477 g/mol. The summed E-state index contributed by atoms with van der Waals surface area (Å²) in [6.45, 7) is 3.73. The third-order valence-electron chi connectivity index (χ3n) is 5.17. The second-order valence-corrected chi connectivity index (χ2v) is 8.66. The highest BCUT2D eigenvalue weighted by atomic mass is 79.9. The number of imidazole rings is 1. The molecule has 2 atom stereocenters. The number of rotatable bonds is 4. The number of benzene rings is 2. The van der Waals surface area contributed by atoms with E-state index < -0.39 is 6.04 Å². The Morgan fingerprint density at radius 1 is 1.17 bits per heavy atom. The molecule has 4 rings (SSSR count). The van der Waals surface area contributed by atoms with Crippen molar-refractivity contribution < 1.29 is 9.90 Å². The fraction of sp³-hybridized carbons (Fsp3) is 0.238. The lowest BCUT2D eigenvalue weighted by atomic mass is 10.0. The summed E-state index contributed by atoms with van der Waals surface area (Å²) < 4.78 is 2.38. The van der Waals surface area contributed by atoms with Crippen molar-refractivity contribution in [1.82, 2.24) is 9.55 Å². The number of aromatic nitrogens is 2. The molecule has 0 aliphatic carbocycles. The summed E-state index contributed by atoms with van der Waals surface area (Å²) in [6, 6.07) is 12.2. The van der Waals surface area contributed by atoms with Crippen LogP contribution in [0.3, 0.4) is 0 Å². The van der Waals surface area contributed by atoms with Gasteiger partial charge in [0.1, 0.15) is 6.04 Å². The summed E-state index contributed by atoms with van der Waals surface area (Å²) >= 11 is 15.8. The predicted molar refractivity (Wildman–Crippen MR) is 118 cm³/mol. The lowest BCUT2D eigenvalue weighted by molar-refractivity contribution is 0.0989. The standard InChI is InChI=1S/C21H18BrCl2N3O2/c1-11-3-6-15(24)9-16(11)27-18(13-4-7-14(23)8-5-13)19-17(20(27)29)25-21(22)26(19)12(2)10-28/h3-9,12,18,28H,10H2,1-2H3/t12-,18?/m1/s1. The van der Waals surface area contributed by atoms with Gasteiger partial charge in [0.25, 0.3) is 5.91 Å². The van der Waals surface area contributed by atoms with E-state index in [0.29, 0.717) is 20.5 Å². The zero-order chi connectivity index (χ0) is 20.9. The minimum absolute atomic E-state index is 0.0842. The summed E-state index contributed by atoms with van der Waals surface area (Å²) in [5, 5.41) is 10.9. The first-order valence-electron chi connectivity index (χ1n) is 9.07. The van der Waals surface area contributed by atoms with Crippen LogP contribution in [0.1, 0.15) is 46.3 Å². The van der Waals surface area contributed by atoms with Gasteiger partial charge in [-0.1, -0.05) is 41.4 Å². The van der Waals surface area contributed by atoms with Crippen LogP contribution in [0.25, 0.3) is 0 Å². The number of aliphatic hydroxyl groups excluding tert-OH is 1. The summed E-state index contributed by atoms with van der Waals surface area (Å²) in [5.74, 6) is -0.213. The quantitative estimate of drug-likeness (QED) is 0.516. The van der Waals surface area contributed by atoms with E-state index >= 15 is 0 Å². The molecule has 1 aromatic heterocycles. The second-order valence-electron chi connectivity index (χ2n) is 7.08. The highest BCUT2D eigenvalue weighted by Gasteiger charge is 2.44. The zero-order valence-corrected chi connectivity index (χ0v) is 18.8. The topological polar surface area (TPSA) is 58.4 Å². The molecule has 5 nitrogen and oxygen atoms in total. The van der Waals surface area contributed by atoms with Gasteiger partial charge in [-0.2, -0.15) is 0 Å². The van der Waals surface area contributed by atoms with Crippen LogP contribution in [0.2, 0.25) is 10.0 Å². The number of aliphatic hydroxyl groups is 1. The van der Waals surface area contributed by atoms with Gasteiger partial charge < -0.3 is 9.67 Å². The maximum atomic E-state index is 13.5. The van der Waals surface area contributed by atoms with Gasteiger partial charge in [0.05, 0.1) is 18.3 Å². The number of hydrogen-bond donors (Lipinski definition) is 1. The minimum atomic E-state index is -0.431. The SMILES string of the molecule is Cc1ccc(Cl)cc1N1C(=O)c2nc(Br)n([C@H](C)CO)c2C1c1ccc(Cl)cc1. The van der Waals surface area contributed by atoms with Gasteiger partial charge in [0, 0.05) is 15.7 Å². The van der Waals surface area contributed by atoms with Gasteiger partial charge in [-0.25, -0.2) is 4.98 Å². The highest BCUT2D eigenvalue weighted by molar-refractivity contribution is 9.10. The molecule has 150 valence electrons. The molecule has 1 amide bonds. The normalized spacial score (nSPS) is 17.0. The molecule has 3 aromatic rings. The average Bonchev–Trinajstić information content (AvgIpc) is 3.17. The number of fused-ring (bicyclic) bond motifs is 1. The third kappa shape index (κ3) is 3.38. The lowest BCUT2D eigenvalue weighted by Gasteiger charge is -2.29. The molecule has 8 heteroatoms. The molecule has 0 radical (unpaired) electrons. The van der Waals surface area contributed by atoms with Gasteiger partial charge in [-0.05, 0) is 65.2 Å². The van der Waals surface area contributed by atoms with Crippen LogP contribution >= 0.6 is 39.1 Å². The Hall–Kier alpha value is -1.86. The van der Waals surface area contributed by atoms with Crippen molar-refractivity contribution in [2.75, 3.05) is 11.5 Å². The monoisotopic (exact) mass is 493 g/mol. The molecule has 0 fully saturated rings. The molecule has 2 aromatic carbocycles. The van der Waals surface area contributed by atoms with E-state index in [2.05, 4.69) is 20.9 Å². The fourth-order valence-corrected chi connectivity index (χ4v) is 4.74. The first-order valence-corrected chi connectivity index (χ1v) is 10.6. The number of halogens is 3.